The highest BCUT2D eigenvalue weighted by atomic mass is 32.2. The lowest BCUT2D eigenvalue weighted by Gasteiger charge is -2.06. The van der Waals surface area contributed by atoms with Gasteiger partial charge in [-0.1, -0.05) is 19.1 Å². The number of aromatic nitrogens is 1. The molecular formula is C13H16N2O2S2. The summed E-state index contributed by atoms with van der Waals surface area (Å²) < 4.78 is 26.7. The molecule has 0 aliphatic carbocycles. The van der Waals surface area contributed by atoms with E-state index < -0.39 is 10.0 Å². The normalized spacial score (nSPS) is 11.6. The van der Waals surface area contributed by atoms with Crippen molar-refractivity contribution >= 4 is 21.4 Å². The Hall–Kier alpha value is -1.24. The minimum absolute atomic E-state index is 0.309. The topological polar surface area (TPSA) is 59.1 Å². The highest BCUT2D eigenvalue weighted by Crippen LogP contribution is 2.11. The van der Waals surface area contributed by atoms with Crippen LogP contribution in [0.3, 0.4) is 0 Å². The number of nitrogens with one attached hydrogen (secondary N) is 1. The zero-order chi connectivity index (χ0) is 13.7. The predicted octanol–water partition coefficient (Wildman–Crippen LogP) is 2.23. The standard InChI is InChI=1S/C13H16N2O2S2/c1-2-11-3-5-12(6-4-11)19(16,17)15-8-7-13-14-9-10-18-13/h3-6,9-10,15H,2,7-8H2,1H3. The van der Waals surface area contributed by atoms with Crippen LogP contribution < -0.4 is 4.72 Å². The molecule has 0 spiro atoms. The first-order valence-corrected chi connectivity index (χ1v) is 8.45. The van der Waals surface area contributed by atoms with Gasteiger partial charge in [0.2, 0.25) is 10.0 Å². The summed E-state index contributed by atoms with van der Waals surface area (Å²) >= 11 is 1.53. The summed E-state index contributed by atoms with van der Waals surface area (Å²) in [6.07, 6.45) is 3.24. The van der Waals surface area contributed by atoms with Crippen molar-refractivity contribution in [2.24, 2.45) is 0 Å². The molecular weight excluding hydrogens is 280 g/mol. The maximum atomic E-state index is 12.0. The smallest absolute Gasteiger partial charge is 0.240 e. The van der Waals surface area contributed by atoms with Crippen molar-refractivity contribution in [1.29, 1.82) is 0 Å². The number of aryl methyl sites for hydroxylation is 1. The highest BCUT2D eigenvalue weighted by Gasteiger charge is 2.13. The van der Waals surface area contributed by atoms with Crippen LogP contribution in [-0.2, 0) is 22.9 Å². The van der Waals surface area contributed by atoms with Gasteiger partial charge < -0.3 is 0 Å². The quantitative estimate of drug-likeness (QED) is 0.889. The van der Waals surface area contributed by atoms with E-state index in [1.807, 2.05) is 24.4 Å². The molecule has 102 valence electrons. The number of sulfonamides is 1. The summed E-state index contributed by atoms with van der Waals surface area (Å²) in [4.78, 5) is 4.42. The molecule has 1 heterocycles. The Morgan fingerprint density at radius 1 is 1.26 bits per heavy atom. The van der Waals surface area contributed by atoms with Crippen LogP contribution in [0.4, 0.5) is 0 Å². The average molecular weight is 296 g/mol. The molecule has 0 saturated heterocycles. The zero-order valence-electron chi connectivity index (χ0n) is 10.7. The van der Waals surface area contributed by atoms with E-state index in [1.54, 1.807) is 18.3 Å². The lowest BCUT2D eigenvalue weighted by molar-refractivity contribution is 0.581. The Bertz CT molecular complexity index is 605. The van der Waals surface area contributed by atoms with Gasteiger partial charge in [-0.2, -0.15) is 0 Å². The van der Waals surface area contributed by atoms with E-state index in [9.17, 15) is 8.42 Å². The summed E-state index contributed by atoms with van der Waals surface area (Å²) in [5.41, 5.74) is 1.13. The van der Waals surface area contributed by atoms with E-state index >= 15 is 0 Å². The Morgan fingerprint density at radius 3 is 2.58 bits per heavy atom. The molecule has 2 aromatic rings. The van der Waals surface area contributed by atoms with Crippen LogP contribution in [-0.4, -0.2) is 19.9 Å². The molecule has 0 fully saturated rings. The maximum absolute atomic E-state index is 12.0. The maximum Gasteiger partial charge on any atom is 0.240 e. The fourth-order valence-corrected chi connectivity index (χ4v) is 3.31. The second-order valence-corrected chi connectivity index (χ2v) is 6.82. The van der Waals surface area contributed by atoms with Gasteiger partial charge in [-0.3, -0.25) is 0 Å². The van der Waals surface area contributed by atoms with Gasteiger partial charge in [0.25, 0.3) is 0 Å². The van der Waals surface area contributed by atoms with E-state index in [0.29, 0.717) is 17.9 Å². The minimum Gasteiger partial charge on any atom is -0.250 e. The van der Waals surface area contributed by atoms with Crippen LogP contribution in [0.2, 0.25) is 0 Å². The van der Waals surface area contributed by atoms with E-state index in [4.69, 9.17) is 0 Å². The van der Waals surface area contributed by atoms with E-state index in [1.165, 1.54) is 11.3 Å². The van der Waals surface area contributed by atoms with E-state index in [-0.39, 0.29) is 0 Å². The SMILES string of the molecule is CCc1ccc(S(=O)(=O)NCCc2nccs2)cc1. The Labute approximate surface area is 117 Å². The summed E-state index contributed by atoms with van der Waals surface area (Å²) in [5.74, 6) is 0. The van der Waals surface area contributed by atoms with Crippen LogP contribution in [0.1, 0.15) is 17.5 Å². The van der Waals surface area contributed by atoms with Crippen LogP contribution >= 0.6 is 11.3 Å². The second-order valence-electron chi connectivity index (χ2n) is 4.07. The van der Waals surface area contributed by atoms with Crippen LogP contribution in [0.5, 0.6) is 0 Å². The largest absolute Gasteiger partial charge is 0.250 e. The molecule has 1 N–H and O–H groups in total. The summed E-state index contributed by atoms with van der Waals surface area (Å²) in [7, 11) is -3.41. The minimum atomic E-state index is -3.41. The van der Waals surface area contributed by atoms with Gasteiger partial charge in [0.15, 0.2) is 0 Å². The first kappa shape index (κ1) is 14.2. The molecule has 0 saturated carbocycles. The third kappa shape index (κ3) is 3.86. The number of benzene rings is 1. The molecule has 0 atom stereocenters. The molecule has 1 aromatic heterocycles. The fraction of sp³-hybridized carbons (Fsp3) is 0.308. The van der Waals surface area contributed by atoms with Crippen molar-refractivity contribution in [3.8, 4) is 0 Å². The number of hydrogen-bond donors (Lipinski definition) is 1. The Balaban J connectivity index is 1.97. The van der Waals surface area contributed by atoms with Crippen LogP contribution in [0.15, 0.2) is 40.7 Å². The van der Waals surface area contributed by atoms with Gasteiger partial charge in [-0.05, 0) is 24.1 Å². The molecule has 0 bridgehead atoms. The molecule has 0 aliphatic rings. The number of nitrogens with zero attached hydrogens (tertiary/aromatic N) is 1. The number of thiazole rings is 1. The first-order valence-electron chi connectivity index (χ1n) is 6.09. The molecule has 0 radical (unpaired) electrons. The van der Waals surface area contributed by atoms with Gasteiger partial charge in [-0.15, -0.1) is 11.3 Å². The van der Waals surface area contributed by atoms with Crippen molar-refractivity contribution in [1.82, 2.24) is 9.71 Å². The third-order valence-corrected chi connectivity index (χ3v) is 5.07. The molecule has 0 amide bonds. The van der Waals surface area contributed by atoms with E-state index in [2.05, 4.69) is 9.71 Å². The Morgan fingerprint density at radius 2 is 2.00 bits per heavy atom. The van der Waals surface area contributed by atoms with Gasteiger partial charge >= 0.3 is 0 Å². The molecule has 6 heteroatoms. The van der Waals surface area contributed by atoms with E-state index in [0.717, 1.165) is 17.0 Å². The summed E-state index contributed by atoms with van der Waals surface area (Å²) in [6, 6.07) is 6.97. The summed E-state index contributed by atoms with van der Waals surface area (Å²) in [6.45, 7) is 2.40. The van der Waals surface area contributed by atoms with Gasteiger partial charge in [0.05, 0.1) is 9.90 Å². The summed E-state index contributed by atoms with van der Waals surface area (Å²) in [5, 5.41) is 2.82. The number of rotatable bonds is 6. The molecule has 19 heavy (non-hydrogen) atoms. The van der Waals surface area contributed by atoms with Crippen LogP contribution in [0, 0.1) is 0 Å². The molecule has 0 unspecified atom stereocenters. The predicted molar refractivity (Wildman–Crippen MR) is 76.8 cm³/mol. The third-order valence-electron chi connectivity index (χ3n) is 2.76. The van der Waals surface area contributed by atoms with Crippen molar-refractivity contribution in [3.63, 3.8) is 0 Å². The van der Waals surface area contributed by atoms with Gasteiger partial charge in [-0.25, -0.2) is 18.1 Å². The molecule has 1 aromatic carbocycles. The Kier molecular flexibility index (Phi) is 4.68. The highest BCUT2D eigenvalue weighted by molar-refractivity contribution is 7.89. The van der Waals surface area contributed by atoms with Gasteiger partial charge in [0, 0.05) is 24.5 Å². The monoisotopic (exact) mass is 296 g/mol. The zero-order valence-corrected chi connectivity index (χ0v) is 12.3. The molecule has 0 aliphatic heterocycles. The van der Waals surface area contributed by atoms with Crippen molar-refractivity contribution < 1.29 is 8.42 Å². The average Bonchev–Trinajstić information content (AvgIpc) is 2.92. The van der Waals surface area contributed by atoms with Crippen molar-refractivity contribution in [3.05, 3.63) is 46.4 Å². The second kappa shape index (κ2) is 6.27. The van der Waals surface area contributed by atoms with Crippen LogP contribution in [0.25, 0.3) is 0 Å². The first-order chi connectivity index (χ1) is 9.12. The van der Waals surface area contributed by atoms with Crippen molar-refractivity contribution in [2.45, 2.75) is 24.7 Å². The molecule has 2 rings (SSSR count). The van der Waals surface area contributed by atoms with Crippen molar-refractivity contribution in [2.75, 3.05) is 6.54 Å². The lowest BCUT2D eigenvalue weighted by atomic mass is 10.2. The molecule has 4 nitrogen and oxygen atoms in total. The van der Waals surface area contributed by atoms with Gasteiger partial charge in [0.1, 0.15) is 0 Å². The lowest BCUT2D eigenvalue weighted by Crippen LogP contribution is -2.25. The number of hydrogen-bond acceptors (Lipinski definition) is 4. The fourth-order valence-electron chi connectivity index (χ4n) is 1.66.